The van der Waals surface area contributed by atoms with E-state index in [2.05, 4.69) is 21.2 Å². The molecule has 2 rings (SSSR count). The van der Waals surface area contributed by atoms with Crippen LogP contribution in [-0.4, -0.2) is 24.9 Å². The Morgan fingerprint density at radius 2 is 2.12 bits per heavy atom. The van der Waals surface area contributed by atoms with Crippen LogP contribution in [0.5, 0.6) is 0 Å². The number of rotatable bonds is 1. The number of halogens is 1. The largest absolute Gasteiger partial charge is 0.347 e. The van der Waals surface area contributed by atoms with Crippen LogP contribution in [0.3, 0.4) is 0 Å². The number of hydrogen-bond acceptors (Lipinski definition) is 2. The van der Waals surface area contributed by atoms with Crippen molar-refractivity contribution in [1.29, 1.82) is 0 Å². The van der Waals surface area contributed by atoms with Gasteiger partial charge in [-0.15, -0.1) is 0 Å². The third-order valence-electron chi connectivity index (χ3n) is 2.77. The van der Waals surface area contributed by atoms with Crippen molar-refractivity contribution in [3.8, 4) is 0 Å². The molecule has 0 saturated carbocycles. The van der Waals surface area contributed by atoms with E-state index >= 15 is 0 Å². The normalized spacial score (nSPS) is 16.7. The third-order valence-corrected chi connectivity index (χ3v) is 3.62. The molecule has 2 amide bonds. The summed E-state index contributed by atoms with van der Waals surface area (Å²) in [6, 6.07) is 5.75. The summed E-state index contributed by atoms with van der Waals surface area (Å²) in [5.74, 6) is -0.154. The van der Waals surface area contributed by atoms with Crippen molar-refractivity contribution in [2.75, 3.05) is 18.0 Å². The van der Waals surface area contributed by atoms with Gasteiger partial charge in [0.05, 0.1) is 6.54 Å². The summed E-state index contributed by atoms with van der Waals surface area (Å²) in [5, 5.41) is 2.58. The van der Waals surface area contributed by atoms with Crippen molar-refractivity contribution in [1.82, 2.24) is 5.32 Å². The van der Waals surface area contributed by atoms with Crippen molar-refractivity contribution in [3.05, 3.63) is 28.2 Å². The zero-order valence-corrected chi connectivity index (χ0v) is 11.1. The highest BCUT2D eigenvalue weighted by molar-refractivity contribution is 9.10. The second-order valence-corrected chi connectivity index (χ2v) is 4.86. The molecule has 1 aromatic rings. The molecule has 5 heteroatoms. The summed E-state index contributed by atoms with van der Waals surface area (Å²) in [7, 11) is 0. The van der Waals surface area contributed by atoms with Gasteiger partial charge in [0.25, 0.3) is 0 Å². The van der Waals surface area contributed by atoms with Gasteiger partial charge in [0.1, 0.15) is 0 Å². The molecular formula is C12H13BrN2O2. The van der Waals surface area contributed by atoms with Crippen molar-refractivity contribution < 1.29 is 9.59 Å². The second-order valence-electron chi connectivity index (χ2n) is 4.01. The lowest BCUT2D eigenvalue weighted by atomic mass is 10.2. The minimum absolute atomic E-state index is 0.0737. The molecule has 0 spiro atoms. The van der Waals surface area contributed by atoms with Gasteiger partial charge >= 0.3 is 0 Å². The number of carbonyl (C=O) groups excluding carboxylic acids is 2. The van der Waals surface area contributed by atoms with Gasteiger partial charge in [-0.05, 0) is 24.6 Å². The minimum atomic E-state index is -0.0772. The van der Waals surface area contributed by atoms with E-state index < -0.39 is 0 Å². The Labute approximate surface area is 108 Å². The maximum Gasteiger partial charge on any atom is 0.246 e. The molecule has 0 aromatic heterocycles. The van der Waals surface area contributed by atoms with Crippen molar-refractivity contribution in [2.24, 2.45) is 0 Å². The first-order chi connectivity index (χ1) is 8.08. The molecule has 1 fully saturated rings. The number of benzene rings is 1. The van der Waals surface area contributed by atoms with E-state index in [-0.39, 0.29) is 18.4 Å². The standard InChI is InChI=1S/C12H13BrN2O2/c1-8-2-3-9(6-10(8)13)15-5-4-11(16)14-7-12(15)17/h2-3,6H,4-5,7H2,1H3,(H,14,16). The number of amides is 2. The molecule has 1 N–H and O–H groups in total. The summed E-state index contributed by atoms with van der Waals surface area (Å²) < 4.78 is 0.964. The summed E-state index contributed by atoms with van der Waals surface area (Å²) in [6.45, 7) is 2.49. The highest BCUT2D eigenvalue weighted by atomic mass is 79.9. The summed E-state index contributed by atoms with van der Waals surface area (Å²) in [5.41, 5.74) is 1.94. The first-order valence-electron chi connectivity index (χ1n) is 5.41. The van der Waals surface area contributed by atoms with Gasteiger partial charge in [0.15, 0.2) is 0 Å². The van der Waals surface area contributed by atoms with Crippen molar-refractivity contribution in [3.63, 3.8) is 0 Å². The first kappa shape index (κ1) is 12.1. The van der Waals surface area contributed by atoms with Crippen LogP contribution in [0.4, 0.5) is 5.69 Å². The minimum Gasteiger partial charge on any atom is -0.347 e. The van der Waals surface area contributed by atoms with E-state index in [1.54, 1.807) is 4.90 Å². The smallest absolute Gasteiger partial charge is 0.246 e. The van der Waals surface area contributed by atoms with Crippen LogP contribution in [0.25, 0.3) is 0 Å². The number of anilines is 1. The number of nitrogens with one attached hydrogen (secondary N) is 1. The lowest BCUT2D eigenvalue weighted by molar-refractivity contribution is -0.123. The highest BCUT2D eigenvalue weighted by Crippen LogP contribution is 2.24. The van der Waals surface area contributed by atoms with Gasteiger partial charge in [0.2, 0.25) is 11.8 Å². The molecule has 0 aliphatic carbocycles. The maximum absolute atomic E-state index is 11.9. The fraction of sp³-hybridized carbons (Fsp3) is 0.333. The van der Waals surface area contributed by atoms with Gasteiger partial charge in [-0.1, -0.05) is 22.0 Å². The SMILES string of the molecule is Cc1ccc(N2CCC(=O)NCC2=O)cc1Br. The van der Waals surface area contributed by atoms with Crippen LogP contribution in [-0.2, 0) is 9.59 Å². The molecule has 1 aromatic carbocycles. The molecule has 1 aliphatic heterocycles. The Morgan fingerprint density at radius 1 is 1.35 bits per heavy atom. The molecule has 0 radical (unpaired) electrons. The molecule has 90 valence electrons. The number of aryl methyl sites for hydroxylation is 1. The van der Waals surface area contributed by atoms with Gasteiger partial charge in [-0.3, -0.25) is 9.59 Å². The molecule has 0 bridgehead atoms. The maximum atomic E-state index is 11.9. The average Bonchev–Trinajstić information content (AvgIpc) is 2.46. The fourth-order valence-electron chi connectivity index (χ4n) is 1.72. The predicted molar refractivity (Wildman–Crippen MR) is 68.9 cm³/mol. The van der Waals surface area contributed by atoms with E-state index in [4.69, 9.17) is 0 Å². The summed E-state index contributed by atoms with van der Waals surface area (Å²) in [4.78, 5) is 24.7. The van der Waals surface area contributed by atoms with Crippen LogP contribution in [0.1, 0.15) is 12.0 Å². The molecule has 17 heavy (non-hydrogen) atoms. The van der Waals surface area contributed by atoms with Crippen molar-refractivity contribution >= 4 is 33.4 Å². The average molecular weight is 297 g/mol. The van der Waals surface area contributed by atoms with Crippen LogP contribution >= 0.6 is 15.9 Å². The van der Waals surface area contributed by atoms with Gasteiger partial charge in [-0.25, -0.2) is 0 Å². The van der Waals surface area contributed by atoms with Gasteiger partial charge in [0, 0.05) is 23.1 Å². The van der Waals surface area contributed by atoms with E-state index in [0.717, 1.165) is 15.7 Å². The Bertz CT molecular complexity index is 474. The molecular weight excluding hydrogens is 284 g/mol. The molecule has 1 heterocycles. The predicted octanol–water partition coefficient (Wildman–Crippen LogP) is 1.61. The Hall–Kier alpha value is -1.36. The lowest BCUT2D eigenvalue weighted by Gasteiger charge is -2.20. The summed E-state index contributed by atoms with van der Waals surface area (Å²) in [6.07, 6.45) is 0.344. The van der Waals surface area contributed by atoms with Gasteiger partial charge in [-0.2, -0.15) is 0 Å². The Kier molecular flexibility index (Phi) is 3.47. The highest BCUT2D eigenvalue weighted by Gasteiger charge is 2.21. The van der Waals surface area contributed by atoms with Crippen LogP contribution in [0.15, 0.2) is 22.7 Å². The Morgan fingerprint density at radius 3 is 2.82 bits per heavy atom. The zero-order valence-electron chi connectivity index (χ0n) is 9.50. The van der Waals surface area contributed by atoms with E-state index in [1.165, 1.54) is 0 Å². The summed E-state index contributed by atoms with van der Waals surface area (Å²) >= 11 is 3.44. The van der Waals surface area contributed by atoms with E-state index in [1.807, 2.05) is 25.1 Å². The van der Waals surface area contributed by atoms with Crippen LogP contribution in [0.2, 0.25) is 0 Å². The number of hydrogen-bond donors (Lipinski definition) is 1. The quantitative estimate of drug-likeness (QED) is 0.856. The molecule has 4 nitrogen and oxygen atoms in total. The van der Waals surface area contributed by atoms with Crippen molar-refractivity contribution in [2.45, 2.75) is 13.3 Å². The fourth-order valence-corrected chi connectivity index (χ4v) is 2.09. The lowest BCUT2D eigenvalue weighted by Crippen LogP contribution is -2.35. The molecule has 1 aliphatic rings. The molecule has 0 atom stereocenters. The van der Waals surface area contributed by atoms with E-state index in [9.17, 15) is 9.59 Å². The van der Waals surface area contributed by atoms with Crippen LogP contribution in [0, 0.1) is 6.92 Å². The van der Waals surface area contributed by atoms with Crippen LogP contribution < -0.4 is 10.2 Å². The first-order valence-corrected chi connectivity index (χ1v) is 6.20. The number of carbonyl (C=O) groups is 2. The third kappa shape index (κ3) is 2.66. The van der Waals surface area contributed by atoms with Gasteiger partial charge < -0.3 is 10.2 Å². The zero-order chi connectivity index (χ0) is 12.4. The second kappa shape index (κ2) is 4.87. The molecule has 0 unspecified atom stereocenters. The Balaban J connectivity index is 2.28. The van der Waals surface area contributed by atoms with E-state index in [0.29, 0.717) is 13.0 Å². The topological polar surface area (TPSA) is 49.4 Å². The molecule has 1 saturated heterocycles. The monoisotopic (exact) mass is 296 g/mol. The number of nitrogens with zero attached hydrogens (tertiary/aromatic N) is 1.